The minimum absolute atomic E-state index is 0.688. The number of aryl methyl sites for hydroxylation is 1. The van der Waals surface area contributed by atoms with E-state index in [-0.39, 0.29) is 0 Å². The second-order valence-electron chi connectivity index (χ2n) is 3.60. The number of nitrogens with one attached hydrogen (secondary N) is 1. The lowest BCUT2D eigenvalue weighted by atomic mass is 10.1. The molecule has 0 aliphatic carbocycles. The van der Waals surface area contributed by atoms with Gasteiger partial charge in [0.25, 0.3) is 0 Å². The maximum absolute atomic E-state index is 5.00. The highest BCUT2D eigenvalue weighted by Crippen LogP contribution is 2.22. The molecule has 0 bridgehead atoms. The first-order valence-corrected chi connectivity index (χ1v) is 6.07. The van der Waals surface area contributed by atoms with Gasteiger partial charge in [0.2, 0.25) is 5.89 Å². The molecule has 1 unspecified atom stereocenters. The summed E-state index contributed by atoms with van der Waals surface area (Å²) >= 11 is 2.04. The van der Waals surface area contributed by atoms with E-state index >= 15 is 0 Å². The highest BCUT2D eigenvalue weighted by atomic mass is 32.2. The Morgan fingerprint density at radius 3 is 3.21 bits per heavy atom. The molecule has 4 nitrogen and oxygen atoms in total. The van der Waals surface area contributed by atoms with Crippen molar-refractivity contribution in [2.24, 2.45) is 5.92 Å². The van der Waals surface area contributed by atoms with Crippen LogP contribution in [0, 0.1) is 12.8 Å². The summed E-state index contributed by atoms with van der Waals surface area (Å²) in [6.45, 7) is 3.59. The molecule has 0 saturated carbocycles. The minimum Gasteiger partial charge on any atom is -0.338 e. The van der Waals surface area contributed by atoms with Crippen LogP contribution < -0.4 is 5.32 Å². The third-order valence-electron chi connectivity index (χ3n) is 2.30. The van der Waals surface area contributed by atoms with Gasteiger partial charge in [0.1, 0.15) is 0 Å². The van der Waals surface area contributed by atoms with E-state index in [0.29, 0.717) is 18.3 Å². The summed E-state index contributed by atoms with van der Waals surface area (Å²) < 4.78 is 5.00. The van der Waals surface area contributed by atoms with Crippen LogP contribution in [0.2, 0.25) is 0 Å². The number of hydrogen-bond acceptors (Lipinski definition) is 5. The fraction of sp³-hybridized carbons (Fsp3) is 0.778. The van der Waals surface area contributed by atoms with E-state index in [4.69, 9.17) is 4.52 Å². The van der Waals surface area contributed by atoms with Gasteiger partial charge in [0.05, 0.1) is 6.54 Å². The quantitative estimate of drug-likeness (QED) is 0.815. The average molecular weight is 213 g/mol. The Hall–Kier alpha value is -0.550. The lowest BCUT2D eigenvalue weighted by Gasteiger charge is -2.07. The van der Waals surface area contributed by atoms with Gasteiger partial charge in [0, 0.05) is 0 Å². The Morgan fingerprint density at radius 2 is 2.57 bits per heavy atom. The van der Waals surface area contributed by atoms with Gasteiger partial charge in [-0.3, -0.25) is 0 Å². The van der Waals surface area contributed by atoms with Gasteiger partial charge in [-0.05, 0) is 37.3 Å². The number of aromatic nitrogens is 2. The predicted octanol–water partition coefficient (Wildman–Crippen LogP) is 1.22. The number of thioether (sulfide) groups is 1. The number of hydrogen-bond donors (Lipinski definition) is 1. The van der Waals surface area contributed by atoms with Crippen LogP contribution in [0.4, 0.5) is 0 Å². The van der Waals surface area contributed by atoms with Gasteiger partial charge in [-0.2, -0.15) is 16.7 Å². The van der Waals surface area contributed by atoms with E-state index in [1.54, 1.807) is 0 Å². The Morgan fingerprint density at radius 1 is 1.64 bits per heavy atom. The van der Waals surface area contributed by atoms with Crippen LogP contribution in [-0.4, -0.2) is 28.2 Å². The molecule has 1 aliphatic rings. The second kappa shape index (κ2) is 4.79. The molecule has 0 amide bonds. The van der Waals surface area contributed by atoms with Gasteiger partial charge in [-0.1, -0.05) is 5.16 Å². The summed E-state index contributed by atoms with van der Waals surface area (Å²) in [4.78, 5) is 4.13. The van der Waals surface area contributed by atoms with Crippen molar-refractivity contribution in [1.82, 2.24) is 15.5 Å². The van der Waals surface area contributed by atoms with Crippen molar-refractivity contribution >= 4 is 11.8 Å². The van der Waals surface area contributed by atoms with E-state index in [1.165, 1.54) is 17.9 Å². The first-order valence-electron chi connectivity index (χ1n) is 4.92. The van der Waals surface area contributed by atoms with Crippen LogP contribution in [0.15, 0.2) is 4.52 Å². The minimum atomic E-state index is 0.688. The number of rotatable bonds is 4. The first kappa shape index (κ1) is 9.98. The zero-order valence-electron chi connectivity index (χ0n) is 8.32. The monoisotopic (exact) mass is 213 g/mol. The molecule has 2 rings (SSSR count). The topological polar surface area (TPSA) is 51.0 Å². The van der Waals surface area contributed by atoms with Crippen molar-refractivity contribution in [1.29, 1.82) is 0 Å². The second-order valence-corrected chi connectivity index (χ2v) is 4.75. The zero-order chi connectivity index (χ0) is 9.80. The Bertz CT molecular complexity index is 283. The fourth-order valence-electron chi connectivity index (χ4n) is 1.54. The summed E-state index contributed by atoms with van der Waals surface area (Å²) in [5, 5.41) is 7.08. The number of nitrogens with zero attached hydrogens (tertiary/aromatic N) is 2. The summed E-state index contributed by atoms with van der Waals surface area (Å²) in [5.41, 5.74) is 0. The van der Waals surface area contributed by atoms with Crippen LogP contribution in [0.3, 0.4) is 0 Å². The molecular weight excluding hydrogens is 198 g/mol. The van der Waals surface area contributed by atoms with Gasteiger partial charge in [-0.25, -0.2) is 0 Å². The lowest BCUT2D eigenvalue weighted by molar-refractivity contribution is 0.359. The van der Waals surface area contributed by atoms with Gasteiger partial charge in [0.15, 0.2) is 5.82 Å². The van der Waals surface area contributed by atoms with Crippen molar-refractivity contribution in [3.63, 3.8) is 0 Å². The van der Waals surface area contributed by atoms with Crippen LogP contribution in [0.5, 0.6) is 0 Å². The third-order valence-corrected chi connectivity index (χ3v) is 3.53. The van der Waals surface area contributed by atoms with E-state index in [2.05, 4.69) is 15.5 Å². The first-order chi connectivity index (χ1) is 6.84. The molecule has 1 aliphatic heterocycles. The highest BCUT2D eigenvalue weighted by Gasteiger charge is 2.14. The Balaban J connectivity index is 1.67. The molecule has 1 fully saturated rings. The molecule has 5 heteroatoms. The smallest absolute Gasteiger partial charge is 0.240 e. The molecule has 1 aromatic heterocycles. The molecule has 0 aromatic carbocycles. The maximum atomic E-state index is 5.00. The van der Waals surface area contributed by atoms with Gasteiger partial charge in [-0.15, -0.1) is 0 Å². The largest absolute Gasteiger partial charge is 0.338 e. The van der Waals surface area contributed by atoms with Crippen molar-refractivity contribution in [2.75, 3.05) is 18.1 Å². The Labute approximate surface area is 87.8 Å². The van der Waals surface area contributed by atoms with Gasteiger partial charge < -0.3 is 9.84 Å². The summed E-state index contributed by atoms with van der Waals surface area (Å²) in [6.07, 6.45) is 1.33. The molecule has 1 saturated heterocycles. The van der Waals surface area contributed by atoms with E-state index < -0.39 is 0 Å². The van der Waals surface area contributed by atoms with Crippen LogP contribution >= 0.6 is 11.8 Å². The molecule has 0 spiro atoms. The molecule has 0 radical (unpaired) electrons. The molecule has 1 atom stereocenters. The van der Waals surface area contributed by atoms with Crippen LogP contribution in [-0.2, 0) is 6.54 Å². The molecule has 78 valence electrons. The van der Waals surface area contributed by atoms with Crippen molar-refractivity contribution in [2.45, 2.75) is 19.9 Å². The van der Waals surface area contributed by atoms with Crippen LogP contribution in [0.25, 0.3) is 0 Å². The van der Waals surface area contributed by atoms with E-state index in [0.717, 1.165) is 12.5 Å². The molecule has 14 heavy (non-hydrogen) atoms. The molecular formula is C9H15N3OS. The van der Waals surface area contributed by atoms with E-state index in [9.17, 15) is 0 Å². The Kier molecular flexibility index (Phi) is 3.42. The normalized spacial score (nSPS) is 21.6. The van der Waals surface area contributed by atoms with Crippen LogP contribution in [0.1, 0.15) is 18.1 Å². The molecule has 1 aromatic rings. The zero-order valence-corrected chi connectivity index (χ0v) is 9.14. The summed E-state index contributed by atoms with van der Waals surface area (Å²) in [5.74, 6) is 4.82. The average Bonchev–Trinajstić information content (AvgIpc) is 2.77. The SMILES string of the molecule is Cc1noc(CNCC2CCSC2)n1. The van der Waals surface area contributed by atoms with Crippen molar-refractivity contribution in [3.05, 3.63) is 11.7 Å². The lowest BCUT2D eigenvalue weighted by Crippen LogP contribution is -2.22. The summed E-state index contributed by atoms with van der Waals surface area (Å²) in [7, 11) is 0. The van der Waals surface area contributed by atoms with Crippen molar-refractivity contribution in [3.8, 4) is 0 Å². The van der Waals surface area contributed by atoms with Crippen molar-refractivity contribution < 1.29 is 4.52 Å². The standard InChI is InChI=1S/C9H15N3OS/c1-7-11-9(13-12-7)5-10-4-8-2-3-14-6-8/h8,10H,2-6H2,1H3. The summed E-state index contributed by atoms with van der Waals surface area (Å²) in [6, 6.07) is 0. The fourth-order valence-corrected chi connectivity index (χ4v) is 2.82. The third kappa shape index (κ3) is 2.72. The maximum Gasteiger partial charge on any atom is 0.240 e. The van der Waals surface area contributed by atoms with E-state index in [1.807, 2.05) is 18.7 Å². The highest BCUT2D eigenvalue weighted by molar-refractivity contribution is 7.99. The molecule has 2 heterocycles. The predicted molar refractivity (Wildman–Crippen MR) is 56.2 cm³/mol. The van der Waals surface area contributed by atoms with Gasteiger partial charge >= 0.3 is 0 Å². The molecule has 1 N–H and O–H groups in total.